The molecule has 0 aliphatic carbocycles. The van der Waals surface area contributed by atoms with E-state index in [9.17, 15) is 14.7 Å². The van der Waals surface area contributed by atoms with Gasteiger partial charge in [0.1, 0.15) is 18.1 Å². The third-order valence-electron chi connectivity index (χ3n) is 2.69. The molecule has 6 heteroatoms. The fraction of sp³-hybridized carbons (Fsp3) is 0.143. The molecule has 0 aliphatic rings. The second-order valence-corrected chi connectivity index (χ2v) is 4.21. The van der Waals surface area contributed by atoms with Gasteiger partial charge >= 0.3 is 0 Å². The van der Waals surface area contributed by atoms with Crippen molar-refractivity contribution < 1.29 is 19.1 Å². The Morgan fingerprint density at radius 1 is 1.25 bits per heavy atom. The molecule has 1 heterocycles. The van der Waals surface area contributed by atoms with Crippen LogP contribution in [-0.2, 0) is 4.79 Å². The molecule has 2 rings (SSSR count). The summed E-state index contributed by atoms with van der Waals surface area (Å²) < 4.78 is 4.79. The highest BCUT2D eigenvalue weighted by atomic mass is 16.3. The number of benzene rings is 1. The lowest BCUT2D eigenvalue weighted by atomic mass is 10.2. The first kappa shape index (κ1) is 13.7. The number of anilines is 1. The molecule has 6 nitrogen and oxygen atoms in total. The molecule has 3 N–H and O–H groups in total. The predicted octanol–water partition coefficient (Wildman–Crippen LogP) is 1.74. The van der Waals surface area contributed by atoms with E-state index in [0.29, 0.717) is 11.3 Å². The van der Waals surface area contributed by atoms with Crippen molar-refractivity contribution >= 4 is 17.5 Å². The maximum absolute atomic E-state index is 11.9. The molecule has 0 bridgehead atoms. The van der Waals surface area contributed by atoms with Crippen molar-refractivity contribution in [1.29, 1.82) is 0 Å². The lowest BCUT2D eigenvalue weighted by Crippen LogP contribution is -2.41. The number of hydrogen-bond acceptors (Lipinski definition) is 4. The van der Waals surface area contributed by atoms with Crippen molar-refractivity contribution in [3.63, 3.8) is 0 Å². The van der Waals surface area contributed by atoms with Crippen LogP contribution in [0.1, 0.15) is 17.3 Å². The monoisotopic (exact) mass is 274 g/mol. The molecule has 2 amide bonds. The molecule has 1 atom stereocenters. The van der Waals surface area contributed by atoms with E-state index in [1.807, 2.05) is 0 Å². The Morgan fingerprint density at radius 2 is 2.00 bits per heavy atom. The lowest BCUT2D eigenvalue weighted by Gasteiger charge is -2.14. The molecule has 0 aliphatic heterocycles. The van der Waals surface area contributed by atoms with Crippen LogP contribution in [-0.4, -0.2) is 23.0 Å². The Bertz CT molecular complexity index is 607. The van der Waals surface area contributed by atoms with Gasteiger partial charge in [0.25, 0.3) is 5.91 Å². The summed E-state index contributed by atoms with van der Waals surface area (Å²) in [5.74, 6) is -0.865. The van der Waals surface area contributed by atoms with Gasteiger partial charge in [-0.1, -0.05) is 12.1 Å². The van der Waals surface area contributed by atoms with E-state index in [4.69, 9.17) is 4.42 Å². The van der Waals surface area contributed by atoms with Gasteiger partial charge in [0.15, 0.2) is 0 Å². The summed E-state index contributed by atoms with van der Waals surface area (Å²) >= 11 is 0. The first-order chi connectivity index (χ1) is 9.58. The van der Waals surface area contributed by atoms with Gasteiger partial charge in [-0.15, -0.1) is 0 Å². The number of nitrogens with one attached hydrogen (secondary N) is 2. The lowest BCUT2D eigenvalue weighted by molar-refractivity contribution is -0.117. The van der Waals surface area contributed by atoms with Crippen LogP contribution in [0.2, 0.25) is 0 Å². The van der Waals surface area contributed by atoms with Gasteiger partial charge in [0.05, 0.1) is 17.5 Å². The third kappa shape index (κ3) is 3.17. The highest BCUT2D eigenvalue weighted by Gasteiger charge is 2.18. The summed E-state index contributed by atoms with van der Waals surface area (Å²) in [4.78, 5) is 23.6. The number of amides is 2. The number of hydrogen-bond donors (Lipinski definition) is 3. The zero-order valence-corrected chi connectivity index (χ0v) is 10.8. The third-order valence-corrected chi connectivity index (χ3v) is 2.69. The van der Waals surface area contributed by atoms with Crippen molar-refractivity contribution in [3.05, 3.63) is 48.4 Å². The van der Waals surface area contributed by atoms with Gasteiger partial charge in [-0.05, 0) is 25.1 Å². The molecule has 0 spiro atoms. The Hall–Kier alpha value is -2.76. The summed E-state index contributed by atoms with van der Waals surface area (Å²) in [7, 11) is 0. The number of carbonyl (C=O) groups is 2. The largest absolute Gasteiger partial charge is 0.506 e. The summed E-state index contributed by atoms with van der Waals surface area (Å²) in [5.41, 5.74) is 0.633. The van der Waals surface area contributed by atoms with Gasteiger partial charge in [-0.2, -0.15) is 0 Å². The number of phenols is 1. The number of aromatic hydroxyl groups is 1. The van der Waals surface area contributed by atoms with Crippen LogP contribution in [0.15, 0.2) is 47.3 Å². The highest BCUT2D eigenvalue weighted by Crippen LogP contribution is 2.21. The van der Waals surface area contributed by atoms with E-state index in [2.05, 4.69) is 10.6 Å². The molecule has 0 saturated heterocycles. The van der Waals surface area contributed by atoms with Crippen LogP contribution in [0.25, 0.3) is 0 Å². The molecule has 1 aromatic carbocycles. The van der Waals surface area contributed by atoms with E-state index in [-0.39, 0.29) is 5.75 Å². The Morgan fingerprint density at radius 3 is 2.65 bits per heavy atom. The molecule has 0 saturated carbocycles. The number of carbonyl (C=O) groups excluding carboxylic acids is 2. The molecule has 0 radical (unpaired) electrons. The Labute approximate surface area is 115 Å². The van der Waals surface area contributed by atoms with Gasteiger partial charge in [-0.25, -0.2) is 0 Å². The molecule has 20 heavy (non-hydrogen) atoms. The average Bonchev–Trinajstić information content (AvgIpc) is 2.95. The SMILES string of the molecule is C[C@@H](NC(=O)c1ccoc1)C(=O)Nc1ccccc1O. The van der Waals surface area contributed by atoms with E-state index in [1.54, 1.807) is 25.1 Å². The van der Waals surface area contributed by atoms with Crippen molar-refractivity contribution in [2.75, 3.05) is 5.32 Å². The van der Waals surface area contributed by atoms with Crippen LogP contribution in [0.4, 0.5) is 5.69 Å². The molecule has 0 unspecified atom stereocenters. The summed E-state index contributed by atoms with van der Waals surface area (Å²) in [6.07, 6.45) is 2.67. The Kier molecular flexibility index (Phi) is 4.05. The molecular formula is C14H14N2O4. The van der Waals surface area contributed by atoms with Gasteiger partial charge in [-0.3, -0.25) is 9.59 Å². The number of rotatable bonds is 4. The minimum absolute atomic E-state index is 0.0331. The van der Waals surface area contributed by atoms with Crippen molar-refractivity contribution in [1.82, 2.24) is 5.32 Å². The van der Waals surface area contributed by atoms with Crippen molar-refractivity contribution in [2.24, 2.45) is 0 Å². The summed E-state index contributed by atoms with van der Waals surface area (Å²) in [6.45, 7) is 1.55. The van der Waals surface area contributed by atoms with Crippen LogP contribution >= 0.6 is 0 Å². The van der Waals surface area contributed by atoms with Crippen molar-refractivity contribution in [2.45, 2.75) is 13.0 Å². The fourth-order valence-corrected chi connectivity index (χ4v) is 1.56. The predicted molar refractivity (Wildman–Crippen MR) is 72.4 cm³/mol. The number of furan rings is 1. The minimum atomic E-state index is -0.753. The van der Waals surface area contributed by atoms with Crippen LogP contribution < -0.4 is 10.6 Å². The quantitative estimate of drug-likeness (QED) is 0.740. The van der Waals surface area contributed by atoms with Crippen molar-refractivity contribution in [3.8, 4) is 5.75 Å². The van der Waals surface area contributed by atoms with Gasteiger partial charge in [0.2, 0.25) is 5.91 Å². The molecule has 0 fully saturated rings. The van der Waals surface area contributed by atoms with E-state index < -0.39 is 17.9 Å². The first-order valence-electron chi connectivity index (χ1n) is 6.00. The number of para-hydroxylation sites is 2. The Balaban J connectivity index is 1.96. The van der Waals surface area contributed by atoms with Crippen LogP contribution in [0.3, 0.4) is 0 Å². The van der Waals surface area contributed by atoms with E-state index in [1.165, 1.54) is 24.7 Å². The maximum Gasteiger partial charge on any atom is 0.255 e. The fourth-order valence-electron chi connectivity index (χ4n) is 1.56. The smallest absolute Gasteiger partial charge is 0.255 e. The van der Waals surface area contributed by atoms with Gasteiger partial charge < -0.3 is 20.2 Å². The van der Waals surface area contributed by atoms with E-state index >= 15 is 0 Å². The first-order valence-corrected chi connectivity index (χ1v) is 6.00. The van der Waals surface area contributed by atoms with Crippen LogP contribution in [0.5, 0.6) is 5.75 Å². The number of phenolic OH excluding ortho intramolecular Hbond substituents is 1. The topological polar surface area (TPSA) is 91.6 Å². The standard InChI is InChI=1S/C14H14N2O4/c1-9(15-14(19)10-6-7-20-8-10)13(18)16-11-4-2-3-5-12(11)17/h2-9,17H,1H3,(H,15,19)(H,16,18)/t9-/m1/s1. The highest BCUT2D eigenvalue weighted by molar-refractivity contribution is 6.01. The second-order valence-electron chi connectivity index (χ2n) is 4.21. The normalized spacial score (nSPS) is 11.7. The molecule has 1 aromatic heterocycles. The van der Waals surface area contributed by atoms with Gasteiger partial charge in [0, 0.05) is 0 Å². The van der Waals surface area contributed by atoms with Crippen LogP contribution in [0, 0.1) is 0 Å². The summed E-state index contributed by atoms with van der Waals surface area (Å²) in [5, 5.41) is 14.6. The second kappa shape index (κ2) is 5.92. The molecular weight excluding hydrogens is 260 g/mol. The van der Waals surface area contributed by atoms with E-state index in [0.717, 1.165) is 0 Å². The average molecular weight is 274 g/mol. The maximum atomic E-state index is 11.9. The minimum Gasteiger partial charge on any atom is -0.506 e. The summed E-state index contributed by atoms with van der Waals surface area (Å²) in [6, 6.07) is 7.11. The molecule has 104 valence electrons. The molecule has 2 aromatic rings. The zero-order valence-electron chi connectivity index (χ0n) is 10.8. The zero-order chi connectivity index (χ0) is 14.5.